The van der Waals surface area contributed by atoms with Crippen molar-refractivity contribution in [2.45, 2.75) is 14.9 Å². The summed E-state index contributed by atoms with van der Waals surface area (Å²) in [5, 5.41) is 10.2. The number of anilines is 1. The molecule has 30 heavy (non-hydrogen) atoms. The Balaban J connectivity index is 2.00. The van der Waals surface area contributed by atoms with E-state index in [4.69, 9.17) is 15.2 Å². The minimum absolute atomic E-state index is 0.0567. The molecule has 0 radical (unpaired) electrons. The normalized spacial score (nSPS) is 11.3. The standard InChI is InChI=1S/C16H17F3N4O4S3/c1-26-4-5-27-11-3-2-9(16(17,18)19)6-10(11)21-13(25)8-29-15-23-22-14(30-15)28-7-12(20)24/h2-3,6H,4-5,7-8H2,1H3,(H2,20,24)(H,21,25). The van der Waals surface area contributed by atoms with Crippen LogP contribution in [0.15, 0.2) is 26.9 Å². The average molecular weight is 483 g/mol. The van der Waals surface area contributed by atoms with Crippen molar-refractivity contribution >= 4 is 52.4 Å². The average Bonchev–Trinajstić information content (AvgIpc) is 3.13. The number of hydrogen-bond donors (Lipinski definition) is 2. The topological polar surface area (TPSA) is 116 Å². The number of carbonyl (C=O) groups is 2. The van der Waals surface area contributed by atoms with Gasteiger partial charge in [0.1, 0.15) is 12.4 Å². The predicted octanol–water partition coefficient (Wildman–Crippen LogP) is 2.89. The van der Waals surface area contributed by atoms with E-state index in [0.29, 0.717) is 8.68 Å². The highest BCUT2D eigenvalue weighted by molar-refractivity contribution is 8.03. The highest BCUT2D eigenvalue weighted by atomic mass is 32.2. The highest BCUT2D eigenvalue weighted by Crippen LogP contribution is 2.35. The third-order valence-corrected chi connectivity index (χ3v) is 6.39. The van der Waals surface area contributed by atoms with Crippen LogP contribution in [0.5, 0.6) is 5.75 Å². The molecule has 0 aliphatic heterocycles. The third kappa shape index (κ3) is 8.01. The van der Waals surface area contributed by atoms with Gasteiger partial charge >= 0.3 is 6.18 Å². The molecule has 1 aromatic heterocycles. The Labute approximate surface area is 182 Å². The van der Waals surface area contributed by atoms with Crippen LogP contribution in [0.2, 0.25) is 0 Å². The van der Waals surface area contributed by atoms with Crippen molar-refractivity contribution in [3.05, 3.63) is 23.8 Å². The SMILES string of the molecule is COCCOc1ccc(C(F)(F)F)cc1NC(=O)CSc1nnc(SCC(N)=O)s1. The van der Waals surface area contributed by atoms with Gasteiger partial charge in [-0.25, -0.2) is 0 Å². The predicted molar refractivity (Wildman–Crippen MR) is 108 cm³/mol. The van der Waals surface area contributed by atoms with Crippen molar-refractivity contribution in [3.63, 3.8) is 0 Å². The van der Waals surface area contributed by atoms with Gasteiger partial charge in [0.05, 0.1) is 29.4 Å². The first-order chi connectivity index (χ1) is 14.2. The van der Waals surface area contributed by atoms with Gasteiger partial charge in [0.25, 0.3) is 0 Å². The molecule has 1 heterocycles. The van der Waals surface area contributed by atoms with E-state index in [1.807, 2.05) is 0 Å². The van der Waals surface area contributed by atoms with Gasteiger partial charge in [-0.05, 0) is 18.2 Å². The lowest BCUT2D eigenvalue weighted by atomic mass is 10.1. The maximum Gasteiger partial charge on any atom is 0.416 e. The zero-order valence-electron chi connectivity index (χ0n) is 15.5. The zero-order valence-corrected chi connectivity index (χ0v) is 18.0. The van der Waals surface area contributed by atoms with E-state index < -0.39 is 23.6 Å². The number of ether oxygens (including phenoxy) is 2. The molecule has 2 rings (SSSR count). The van der Waals surface area contributed by atoms with Gasteiger partial charge in [-0.2, -0.15) is 13.2 Å². The van der Waals surface area contributed by atoms with Crippen LogP contribution in [0.4, 0.5) is 18.9 Å². The fraction of sp³-hybridized carbons (Fsp3) is 0.375. The molecule has 0 saturated heterocycles. The lowest BCUT2D eigenvalue weighted by Gasteiger charge is -2.15. The fourth-order valence-electron chi connectivity index (χ4n) is 1.93. The number of thioether (sulfide) groups is 2. The van der Waals surface area contributed by atoms with Gasteiger partial charge in [-0.3, -0.25) is 9.59 Å². The smallest absolute Gasteiger partial charge is 0.416 e. The van der Waals surface area contributed by atoms with Crippen LogP contribution >= 0.6 is 34.9 Å². The number of nitrogens with one attached hydrogen (secondary N) is 1. The highest BCUT2D eigenvalue weighted by Gasteiger charge is 2.31. The number of primary amides is 1. The Morgan fingerprint density at radius 2 is 1.83 bits per heavy atom. The molecule has 14 heteroatoms. The van der Waals surface area contributed by atoms with Crippen LogP contribution in [-0.2, 0) is 20.5 Å². The van der Waals surface area contributed by atoms with E-state index >= 15 is 0 Å². The Hall–Kier alpha value is -2.03. The molecule has 1 aromatic carbocycles. The van der Waals surface area contributed by atoms with Gasteiger partial charge in [0.15, 0.2) is 8.68 Å². The van der Waals surface area contributed by atoms with Gasteiger partial charge in [0.2, 0.25) is 11.8 Å². The Kier molecular flexibility index (Phi) is 9.20. The molecule has 3 N–H and O–H groups in total. The van der Waals surface area contributed by atoms with Crippen molar-refractivity contribution in [1.29, 1.82) is 0 Å². The number of aromatic nitrogens is 2. The van der Waals surface area contributed by atoms with E-state index in [0.717, 1.165) is 41.7 Å². The molecule has 0 unspecified atom stereocenters. The minimum Gasteiger partial charge on any atom is -0.489 e. The van der Waals surface area contributed by atoms with E-state index in [9.17, 15) is 22.8 Å². The van der Waals surface area contributed by atoms with Crippen molar-refractivity contribution in [2.75, 3.05) is 37.1 Å². The number of methoxy groups -OCH3 is 1. The summed E-state index contributed by atoms with van der Waals surface area (Å²) >= 11 is 3.36. The van der Waals surface area contributed by atoms with Crippen LogP contribution in [0.3, 0.4) is 0 Å². The maximum absolute atomic E-state index is 13.0. The molecule has 0 atom stereocenters. The Morgan fingerprint density at radius 1 is 1.17 bits per heavy atom. The first kappa shape index (κ1) is 24.2. The third-order valence-electron chi connectivity index (χ3n) is 3.18. The molecular formula is C16H17F3N4O4S3. The lowest BCUT2D eigenvalue weighted by molar-refractivity contribution is -0.137. The first-order valence-corrected chi connectivity index (χ1v) is 11.0. The summed E-state index contributed by atoms with van der Waals surface area (Å²) in [7, 11) is 1.46. The Morgan fingerprint density at radius 3 is 2.43 bits per heavy atom. The number of carbonyl (C=O) groups excluding carboxylic acids is 2. The van der Waals surface area contributed by atoms with Crippen molar-refractivity contribution in [1.82, 2.24) is 10.2 Å². The number of amides is 2. The summed E-state index contributed by atoms with van der Waals surface area (Å²) in [6.45, 7) is 0.341. The molecule has 0 saturated carbocycles. The van der Waals surface area contributed by atoms with Crippen molar-refractivity contribution in [2.24, 2.45) is 5.73 Å². The second-order valence-corrected chi connectivity index (χ2v) is 8.90. The van der Waals surface area contributed by atoms with Crippen LogP contribution in [-0.4, -0.2) is 53.8 Å². The summed E-state index contributed by atoms with van der Waals surface area (Å²) in [6.07, 6.45) is -4.56. The second-order valence-electron chi connectivity index (χ2n) is 5.48. The number of nitrogens with two attached hydrogens (primary N) is 1. The molecule has 0 spiro atoms. The van der Waals surface area contributed by atoms with Crippen LogP contribution in [0.1, 0.15) is 5.56 Å². The second kappa shape index (κ2) is 11.4. The number of alkyl halides is 3. The number of hydrogen-bond acceptors (Lipinski definition) is 9. The van der Waals surface area contributed by atoms with Crippen molar-refractivity contribution < 1.29 is 32.2 Å². The van der Waals surface area contributed by atoms with Gasteiger partial charge in [0, 0.05) is 7.11 Å². The van der Waals surface area contributed by atoms with Crippen molar-refractivity contribution in [3.8, 4) is 5.75 Å². The number of benzene rings is 1. The number of halogens is 3. The molecule has 0 aliphatic carbocycles. The molecule has 0 fully saturated rings. The van der Waals surface area contributed by atoms with Gasteiger partial charge < -0.3 is 20.5 Å². The van der Waals surface area contributed by atoms with Gasteiger partial charge in [-0.15, -0.1) is 10.2 Å². The van der Waals surface area contributed by atoms with E-state index in [2.05, 4.69) is 15.5 Å². The largest absolute Gasteiger partial charge is 0.489 e. The first-order valence-electron chi connectivity index (χ1n) is 8.19. The molecule has 8 nitrogen and oxygen atoms in total. The molecule has 0 bridgehead atoms. The van der Waals surface area contributed by atoms with E-state index in [-0.39, 0.29) is 36.2 Å². The van der Waals surface area contributed by atoms with Crippen LogP contribution < -0.4 is 15.8 Å². The summed E-state index contributed by atoms with van der Waals surface area (Å²) < 4.78 is 50.2. The van der Waals surface area contributed by atoms with Crippen LogP contribution in [0.25, 0.3) is 0 Å². The summed E-state index contributed by atoms with van der Waals surface area (Å²) in [6, 6.07) is 2.83. The quantitative estimate of drug-likeness (QED) is 0.371. The summed E-state index contributed by atoms with van der Waals surface area (Å²) in [5.41, 5.74) is 4.05. The van der Waals surface area contributed by atoms with Crippen LogP contribution in [0, 0.1) is 0 Å². The van der Waals surface area contributed by atoms with E-state index in [1.165, 1.54) is 18.4 Å². The monoisotopic (exact) mass is 482 g/mol. The number of nitrogens with zero attached hydrogens (tertiary/aromatic N) is 2. The maximum atomic E-state index is 13.0. The zero-order chi connectivity index (χ0) is 22.1. The minimum atomic E-state index is -4.56. The molecule has 0 aliphatic rings. The van der Waals surface area contributed by atoms with Gasteiger partial charge in [-0.1, -0.05) is 34.9 Å². The molecule has 2 aromatic rings. The summed E-state index contributed by atoms with van der Waals surface area (Å²) in [5.74, 6) is -0.991. The fourth-order valence-corrected chi connectivity index (χ4v) is 4.48. The summed E-state index contributed by atoms with van der Waals surface area (Å²) in [4.78, 5) is 23.0. The lowest BCUT2D eigenvalue weighted by Crippen LogP contribution is -2.16. The number of rotatable bonds is 11. The molecule has 2 amide bonds. The van der Waals surface area contributed by atoms with E-state index in [1.54, 1.807) is 0 Å². The molecule has 164 valence electrons. The molecular weight excluding hydrogens is 465 g/mol. The Bertz CT molecular complexity index is 880.